The van der Waals surface area contributed by atoms with Gasteiger partial charge in [0.25, 0.3) is 0 Å². The minimum atomic E-state index is -0.175. The largest absolute Gasteiger partial charge is 0.345 e. The van der Waals surface area contributed by atoms with Crippen LogP contribution in [0, 0.1) is 5.92 Å². The summed E-state index contributed by atoms with van der Waals surface area (Å²) in [6, 6.07) is 0. The van der Waals surface area contributed by atoms with Gasteiger partial charge in [0.15, 0.2) is 5.13 Å². The molecule has 1 atom stereocenters. The molecular formula is C16H25N5O2S. The second-order valence-electron chi connectivity index (χ2n) is 6.67. The molecule has 0 N–H and O–H groups in total. The van der Waals surface area contributed by atoms with Gasteiger partial charge in [0.2, 0.25) is 11.8 Å². The minimum Gasteiger partial charge on any atom is -0.345 e. The summed E-state index contributed by atoms with van der Waals surface area (Å²) in [6.07, 6.45) is 2.17. The summed E-state index contributed by atoms with van der Waals surface area (Å²) in [6.45, 7) is 5.14. The molecule has 0 bridgehead atoms. The van der Waals surface area contributed by atoms with E-state index in [9.17, 15) is 9.59 Å². The Labute approximate surface area is 146 Å². The normalized spacial score (nSPS) is 21.9. The van der Waals surface area contributed by atoms with E-state index in [4.69, 9.17) is 0 Å². The lowest BCUT2D eigenvalue weighted by molar-refractivity contribution is -0.136. The van der Waals surface area contributed by atoms with E-state index in [1.165, 1.54) is 0 Å². The molecule has 0 aliphatic carbocycles. The van der Waals surface area contributed by atoms with Gasteiger partial charge in [0.05, 0.1) is 5.92 Å². The maximum atomic E-state index is 12.7. The highest BCUT2D eigenvalue weighted by Gasteiger charge is 2.37. The van der Waals surface area contributed by atoms with Crippen LogP contribution in [0.2, 0.25) is 0 Å². The summed E-state index contributed by atoms with van der Waals surface area (Å²) in [5, 5.41) is 2.99. The molecule has 1 aromatic rings. The smallest absolute Gasteiger partial charge is 0.228 e. The van der Waals surface area contributed by atoms with Gasteiger partial charge in [-0.2, -0.15) is 0 Å². The monoisotopic (exact) mass is 351 g/mol. The molecule has 7 nitrogen and oxygen atoms in total. The number of nitrogens with zero attached hydrogens (tertiary/aromatic N) is 5. The first-order chi connectivity index (χ1) is 11.5. The quantitative estimate of drug-likeness (QED) is 0.759. The highest BCUT2D eigenvalue weighted by Crippen LogP contribution is 2.23. The molecule has 0 unspecified atom stereocenters. The van der Waals surface area contributed by atoms with Crippen molar-refractivity contribution in [1.82, 2.24) is 19.7 Å². The molecule has 2 fully saturated rings. The Morgan fingerprint density at radius 3 is 2.71 bits per heavy atom. The number of anilines is 1. The number of rotatable bonds is 5. The maximum absolute atomic E-state index is 12.7. The predicted octanol–water partition coefficient (Wildman–Crippen LogP) is 0.202. The highest BCUT2D eigenvalue weighted by atomic mass is 32.1. The van der Waals surface area contributed by atoms with Crippen molar-refractivity contribution in [3.05, 3.63) is 11.6 Å². The number of likely N-dealkylation sites (tertiary alicyclic amines) is 1. The summed E-state index contributed by atoms with van der Waals surface area (Å²) in [5.74, 6) is 0.0668. The lowest BCUT2D eigenvalue weighted by atomic mass is 10.1. The fraction of sp³-hybridized carbons (Fsp3) is 0.688. The van der Waals surface area contributed by atoms with Gasteiger partial charge in [-0.05, 0) is 14.1 Å². The van der Waals surface area contributed by atoms with Gasteiger partial charge < -0.3 is 19.6 Å². The van der Waals surface area contributed by atoms with E-state index in [-0.39, 0.29) is 17.7 Å². The third-order valence-corrected chi connectivity index (χ3v) is 5.49. The molecule has 2 amide bonds. The summed E-state index contributed by atoms with van der Waals surface area (Å²) in [7, 11) is 3.98. The van der Waals surface area contributed by atoms with Crippen molar-refractivity contribution in [1.29, 1.82) is 0 Å². The number of likely N-dealkylation sites (N-methyl/N-ethyl adjacent to an activating group) is 1. The molecule has 0 saturated carbocycles. The van der Waals surface area contributed by atoms with Crippen LogP contribution < -0.4 is 4.90 Å². The van der Waals surface area contributed by atoms with Gasteiger partial charge >= 0.3 is 0 Å². The Morgan fingerprint density at radius 2 is 2.08 bits per heavy atom. The zero-order chi connectivity index (χ0) is 17.1. The molecule has 0 radical (unpaired) electrons. The fourth-order valence-electron chi connectivity index (χ4n) is 3.22. The van der Waals surface area contributed by atoms with E-state index in [1.807, 2.05) is 35.5 Å². The van der Waals surface area contributed by atoms with Gasteiger partial charge in [-0.1, -0.05) is 0 Å². The second-order valence-corrected chi connectivity index (χ2v) is 7.54. The van der Waals surface area contributed by atoms with Crippen LogP contribution in [0.5, 0.6) is 0 Å². The highest BCUT2D eigenvalue weighted by molar-refractivity contribution is 7.13. The van der Waals surface area contributed by atoms with Crippen LogP contribution in [-0.2, 0) is 9.59 Å². The Bertz CT molecular complexity index is 569. The second kappa shape index (κ2) is 7.48. The number of piperazine rings is 1. The van der Waals surface area contributed by atoms with E-state index in [1.54, 1.807) is 11.3 Å². The lowest BCUT2D eigenvalue weighted by Gasteiger charge is -2.35. The molecule has 3 rings (SSSR count). The molecule has 24 heavy (non-hydrogen) atoms. The van der Waals surface area contributed by atoms with Crippen molar-refractivity contribution in [3.63, 3.8) is 0 Å². The molecule has 0 aromatic carbocycles. The van der Waals surface area contributed by atoms with Crippen LogP contribution in [0.25, 0.3) is 0 Å². The molecule has 2 saturated heterocycles. The van der Waals surface area contributed by atoms with Crippen LogP contribution in [0.15, 0.2) is 11.6 Å². The Kier molecular flexibility index (Phi) is 5.35. The van der Waals surface area contributed by atoms with Crippen molar-refractivity contribution in [2.75, 3.05) is 64.8 Å². The predicted molar refractivity (Wildman–Crippen MR) is 94.1 cm³/mol. The first-order valence-corrected chi connectivity index (χ1v) is 9.28. The van der Waals surface area contributed by atoms with E-state index in [0.717, 1.165) is 24.8 Å². The van der Waals surface area contributed by atoms with E-state index >= 15 is 0 Å². The SMILES string of the molecule is CN(C)CCN1C[C@H](C(=O)N2CCN(c3nccs3)CC2)CC1=O. The summed E-state index contributed by atoms with van der Waals surface area (Å²) in [5.41, 5.74) is 0. The van der Waals surface area contributed by atoms with Gasteiger partial charge in [0.1, 0.15) is 0 Å². The van der Waals surface area contributed by atoms with Crippen LogP contribution in [-0.4, -0.2) is 91.4 Å². The first kappa shape index (κ1) is 17.2. The van der Waals surface area contributed by atoms with E-state index < -0.39 is 0 Å². The van der Waals surface area contributed by atoms with Crippen LogP contribution in [0.1, 0.15) is 6.42 Å². The standard InChI is InChI=1S/C16H25N5O2S/c1-18(2)4-5-21-12-13(11-14(21)22)15(23)19-6-8-20(9-7-19)16-17-3-10-24-16/h3,10,13H,4-9,11-12H2,1-2H3/t13-/m1/s1. The molecule has 0 spiro atoms. The molecule has 2 aliphatic rings. The zero-order valence-electron chi connectivity index (χ0n) is 14.3. The summed E-state index contributed by atoms with van der Waals surface area (Å²) >= 11 is 1.63. The van der Waals surface area contributed by atoms with E-state index in [2.05, 4.69) is 14.8 Å². The third-order valence-electron chi connectivity index (χ3n) is 4.66. The number of hydrogen-bond acceptors (Lipinski definition) is 6. The van der Waals surface area contributed by atoms with Crippen molar-refractivity contribution in [2.24, 2.45) is 5.92 Å². The third kappa shape index (κ3) is 3.87. The van der Waals surface area contributed by atoms with Gasteiger partial charge in [0, 0.05) is 63.8 Å². The van der Waals surface area contributed by atoms with Crippen LogP contribution >= 0.6 is 11.3 Å². The number of carbonyl (C=O) groups is 2. The van der Waals surface area contributed by atoms with Crippen molar-refractivity contribution < 1.29 is 9.59 Å². The summed E-state index contributed by atoms with van der Waals surface area (Å²) in [4.78, 5) is 37.2. The van der Waals surface area contributed by atoms with Crippen LogP contribution in [0.3, 0.4) is 0 Å². The van der Waals surface area contributed by atoms with Gasteiger partial charge in [-0.25, -0.2) is 4.98 Å². The molecule has 8 heteroatoms. The number of amides is 2. The van der Waals surface area contributed by atoms with Crippen molar-refractivity contribution in [3.8, 4) is 0 Å². The Balaban J connectivity index is 1.50. The van der Waals surface area contributed by atoms with Gasteiger partial charge in [-0.3, -0.25) is 9.59 Å². The lowest BCUT2D eigenvalue weighted by Crippen LogP contribution is -2.50. The fourth-order valence-corrected chi connectivity index (χ4v) is 3.92. The topological polar surface area (TPSA) is 60.0 Å². The first-order valence-electron chi connectivity index (χ1n) is 8.40. The maximum Gasteiger partial charge on any atom is 0.228 e. The van der Waals surface area contributed by atoms with Crippen LogP contribution in [0.4, 0.5) is 5.13 Å². The Morgan fingerprint density at radius 1 is 1.33 bits per heavy atom. The Hall–Kier alpha value is -1.67. The van der Waals surface area contributed by atoms with Crippen molar-refractivity contribution >= 4 is 28.3 Å². The molecule has 3 heterocycles. The van der Waals surface area contributed by atoms with Gasteiger partial charge in [-0.15, -0.1) is 11.3 Å². The number of thiazole rings is 1. The number of carbonyl (C=O) groups excluding carboxylic acids is 2. The zero-order valence-corrected chi connectivity index (χ0v) is 15.2. The molecular weight excluding hydrogens is 326 g/mol. The average Bonchev–Trinajstić information content (AvgIpc) is 3.22. The van der Waals surface area contributed by atoms with E-state index in [0.29, 0.717) is 32.6 Å². The molecule has 1 aromatic heterocycles. The average molecular weight is 351 g/mol. The number of hydrogen-bond donors (Lipinski definition) is 0. The molecule has 132 valence electrons. The summed E-state index contributed by atoms with van der Waals surface area (Å²) < 4.78 is 0. The molecule has 2 aliphatic heterocycles. The number of aromatic nitrogens is 1. The minimum absolute atomic E-state index is 0.108. The van der Waals surface area contributed by atoms with Crippen molar-refractivity contribution in [2.45, 2.75) is 6.42 Å².